The average Bonchev–Trinajstić information content (AvgIpc) is 3.32. The predicted octanol–water partition coefficient (Wildman–Crippen LogP) is 2.85. The van der Waals surface area contributed by atoms with E-state index < -0.39 is 10.0 Å². The first-order chi connectivity index (χ1) is 12.5. The monoisotopic (exact) mass is 407 g/mol. The summed E-state index contributed by atoms with van der Waals surface area (Å²) in [5, 5.41) is 7.38. The second-order valence-electron chi connectivity index (χ2n) is 5.48. The van der Waals surface area contributed by atoms with E-state index in [0.717, 1.165) is 15.4 Å². The van der Waals surface area contributed by atoms with E-state index in [9.17, 15) is 13.2 Å². The molecule has 0 saturated carbocycles. The van der Waals surface area contributed by atoms with Gasteiger partial charge in [0.05, 0.1) is 10.6 Å². The lowest BCUT2D eigenvalue weighted by atomic mass is 10.1. The van der Waals surface area contributed by atoms with Crippen molar-refractivity contribution in [1.29, 1.82) is 0 Å². The molecule has 0 bridgehead atoms. The third kappa shape index (κ3) is 4.76. The fourth-order valence-corrected chi connectivity index (χ4v) is 4.60. The largest absolute Gasteiger partial charge is 0.347 e. The van der Waals surface area contributed by atoms with Gasteiger partial charge in [-0.2, -0.15) is 0 Å². The quantitative estimate of drug-likeness (QED) is 0.630. The van der Waals surface area contributed by atoms with E-state index in [1.54, 1.807) is 41.0 Å². The van der Waals surface area contributed by atoms with Crippen molar-refractivity contribution in [3.63, 3.8) is 0 Å². The number of thiophene rings is 1. The van der Waals surface area contributed by atoms with Gasteiger partial charge in [-0.1, -0.05) is 30.3 Å². The highest BCUT2D eigenvalue weighted by Gasteiger charge is 2.12. The number of nitrogens with zero attached hydrogens (tertiary/aromatic N) is 1. The summed E-state index contributed by atoms with van der Waals surface area (Å²) in [6.45, 7) is 0.351. The highest BCUT2D eigenvalue weighted by Crippen LogP contribution is 2.27. The maximum Gasteiger partial charge on any atom is 0.271 e. The van der Waals surface area contributed by atoms with Crippen molar-refractivity contribution in [3.05, 3.63) is 64.0 Å². The van der Waals surface area contributed by atoms with Crippen LogP contribution >= 0.6 is 22.7 Å². The van der Waals surface area contributed by atoms with Crippen molar-refractivity contribution < 1.29 is 13.2 Å². The summed E-state index contributed by atoms with van der Waals surface area (Å²) in [6.07, 6.45) is 0. The lowest BCUT2D eigenvalue weighted by Gasteiger charge is -2.06. The Labute approximate surface area is 160 Å². The molecule has 0 aliphatic heterocycles. The van der Waals surface area contributed by atoms with Crippen LogP contribution in [0, 0.1) is 0 Å². The van der Waals surface area contributed by atoms with Crippen LogP contribution in [-0.2, 0) is 22.3 Å². The van der Waals surface area contributed by atoms with Gasteiger partial charge in [0.15, 0.2) is 0 Å². The van der Waals surface area contributed by atoms with Crippen LogP contribution in [0.4, 0.5) is 0 Å². The van der Waals surface area contributed by atoms with E-state index in [2.05, 4.69) is 15.0 Å². The molecule has 3 aromatic rings. The molecule has 0 atom stereocenters. The summed E-state index contributed by atoms with van der Waals surface area (Å²) in [5.41, 5.74) is 1.97. The molecule has 2 heterocycles. The van der Waals surface area contributed by atoms with E-state index in [4.69, 9.17) is 0 Å². The number of aromatic nitrogens is 1. The van der Waals surface area contributed by atoms with Crippen molar-refractivity contribution in [2.75, 3.05) is 7.05 Å². The Kier molecular flexibility index (Phi) is 5.82. The molecule has 1 aromatic carbocycles. The molecule has 0 fully saturated rings. The Morgan fingerprint density at radius 2 is 1.85 bits per heavy atom. The standard InChI is InChI=1S/C17H17N3O3S3/c1-18-26(22,23)11-13-6-4-12(5-7-13)9-19-16(21)14-10-25-17(20-14)15-3-2-8-24-15/h2-8,10,18H,9,11H2,1H3,(H,19,21). The molecule has 26 heavy (non-hydrogen) atoms. The van der Waals surface area contributed by atoms with Crippen LogP contribution in [0.3, 0.4) is 0 Å². The zero-order valence-electron chi connectivity index (χ0n) is 13.9. The van der Waals surface area contributed by atoms with Crippen LogP contribution in [-0.4, -0.2) is 26.4 Å². The molecule has 0 saturated heterocycles. The molecular weight excluding hydrogens is 390 g/mol. The number of amides is 1. The van der Waals surface area contributed by atoms with E-state index in [1.165, 1.54) is 18.4 Å². The van der Waals surface area contributed by atoms with Gasteiger partial charge in [0.2, 0.25) is 10.0 Å². The van der Waals surface area contributed by atoms with Crippen LogP contribution in [0.1, 0.15) is 21.6 Å². The van der Waals surface area contributed by atoms with Crippen LogP contribution in [0.5, 0.6) is 0 Å². The van der Waals surface area contributed by atoms with Crippen molar-refractivity contribution in [1.82, 2.24) is 15.0 Å². The number of hydrogen-bond acceptors (Lipinski definition) is 6. The SMILES string of the molecule is CNS(=O)(=O)Cc1ccc(CNC(=O)c2csc(-c3cccs3)n2)cc1. The van der Waals surface area contributed by atoms with E-state index >= 15 is 0 Å². The number of rotatable bonds is 7. The molecule has 0 aliphatic rings. The summed E-state index contributed by atoms with van der Waals surface area (Å²) in [7, 11) is -1.90. The summed E-state index contributed by atoms with van der Waals surface area (Å²) in [5.74, 6) is -0.300. The normalized spacial score (nSPS) is 11.4. The van der Waals surface area contributed by atoms with Gasteiger partial charge in [-0.15, -0.1) is 22.7 Å². The minimum Gasteiger partial charge on any atom is -0.347 e. The Bertz CT molecular complexity index is 978. The fraction of sp³-hybridized carbons (Fsp3) is 0.176. The second kappa shape index (κ2) is 8.09. The van der Waals surface area contributed by atoms with Crippen molar-refractivity contribution in [2.24, 2.45) is 0 Å². The number of carbonyl (C=O) groups is 1. The smallest absolute Gasteiger partial charge is 0.271 e. The molecule has 1 amide bonds. The predicted molar refractivity (Wildman–Crippen MR) is 105 cm³/mol. The third-order valence-electron chi connectivity index (χ3n) is 3.61. The highest BCUT2D eigenvalue weighted by atomic mass is 32.2. The van der Waals surface area contributed by atoms with Gasteiger partial charge in [0.1, 0.15) is 10.7 Å². The van der Waals surface area contributed by atoms with Gasteiger partial charge in [-0.25, -0.2) is 18.1 Å². The second-order valence-corrected chi connectivity index (χ2v) is 9.21. The summed E-state index contributed by atoms with van der Waals surface area (Å²) in [4.78, 5) is 17.7. The van der Waals surface area contributed by atoms with E-state index in [1.807, 2.05) is 17.5 Å². The Morgan fingerprint density at radius 3 is 2.50 bits per heavy atom. The summed E-state index contributed by atoms with van der Waals surface area (Å²) in [6, 6.07) is 11.0. The zero-order valence-corrected chi connectivity index (χ0v) is 16.4. The minimum atomic E-state index is -3.29. The topological polar surface area (TPSA) is 88.2 Å². The molecular formula is C17H17N3O3S3. The Balaban J connectivity index is 1.58. The maximum atomic E-state index is 12.2. The summed E-state index contributed by atoms with van der Waals surface area (Å²) < 4.78 is 25.4. The van der Waals surface area contributed by atoms with Gasteiger partial charge >= 0.3 is 0 Å². The molecule has 2 N–H and O–H groups in total. The molecule has 0 spiro atoms. The third-order valence-corrected chi connectivity index (χ3v) is 6.83. The molecule has 0 radical (unpaired) electrons. The molecule has 6 nitrogen and oxygen atoms in total. The zero-order chi connectivity index (χ0) is 18.6. The number of sulfonamides is 1. The van der Waals surface area contributed by atoms with Gasteiger partial charge in [0, 0.05) is 11.9 Å². The summed E-state index contributed by atoms with van der Waals surface area (Å²) >= 11 is 3.03. The molecule has 9 heteroatoms. The Hall–Kier alpha value is -2.07. The van der Waals surface area contributed by atoms with Gasteiger partial charge in [0.25, 0.3) is 5.91 Å². The number of nitrogens with one attached hydrogen (secondary N) is 2. The van der Waals surface area contributed by atoms with Crippen molar-refractivity contribution in [2.45, 2.75) is 12.3 Å². The number of hydrogen-bond donors (Lipinski definition) is 2. The van der Waals surface area contributed by atoms with Crippen molar-refractivity contribution in [3.8, 4) is 9.88 Å². The van der Waals surface area contributed by atoms with Crippen LogP contribution in [0.15, 0.2) is 47.2 Å². The maximum absolute atomic E-state index is 12.2. The van der Waals surface area contributed by atoms with Crippen LogP contribution < -0.4 is 10.0 Å². The van der Waals surface area contributed by atoms with Gasteiger partial charge in [-0.3, -0.25) is 4.79 Å². The highest BCUT2D eigenvalue weighted by molar-refractivity contribution is 7.88. The van der Waals surface area contributed by atoms with Gasteiger partial charge in [-0.05, 0) is 29.6 Å². The average molecular weight is 408 g/mol. The fourth-order valence-electron chi connectivity index (χ4n) is 2.21. The number of thiazole rings is 1. The first-order valence-corrected chi connectivity index (χ1v) is 11.1. The molecule has 0 unspecified atom stereocenters. The number of carbonyl (C=O) groups excluding carboxylic acids is 1. The molecule has 136 valence electrons. The number of benzene rings is 1. The minimum absolute atomic E-state index is 0.0690. The van der Waals surface area contributed by atoms with Gasteiger partial charge < -0.3 is 5.32 Å². The van der Waals surface area contributed by atoms with Crippen LogP contribution in [0.2, 0.25) is 0 Å². The van der Waals surface area contributed by atoms with E-state index in [-0.39, 0.29) is 11.7 Å². The molecule has 3 rings (SSSR count). The molecule has 2 aromatic heterocycles. The van der Waals surface area contributed by atoms with Crippen molar-refractivity contribution >= 4 is 38.6 Å². The van der Waals surface area contributed by atoms with Crippen LogP contribution in [0.25, 0.3) is 9.88 Å². The Morgan fingerprint density at radius 1 is 1.12 bits per heavy atom. The first kappa shape index (κ1) is 18.7. The molecule has 0 aliphatic carbocycles. The first-order valence-electron chi connectivity index (χ1n) is 7.73. The lowest BCUT2D eigenvalue weighted by molar-refractivity contribution is 0.0946. The van der Waals surface area contributed by atoms with E-state index in [0.29, 0.717) is 17.8 Å². The lowest BCUT2D eigenvalue weighted by Crippen LogP contribution is -2.23.